The maximum Gasteiger partial charge on any atom is 0.257 e. The Kier molecular flexibility index (Phi) is 9.65. The minimum atomic E-state index is -0.390. The summed E-state index contributed by atoms with van der Waals surface area (Å²) in [7, 11) is 0. The fourth-order valence-electron chi connectivity index (χ4n) is 3.83. The lowest BCUT2D eigenvalue weighted by Gasteiger charge is -2.29. The molecule has 0 unspecified atom stereocenters. The summed E-state index contributed by atoms with van der Waals surface area (Å²) < 4.78 is 17.1. The Morgan fingerprint density at radius 1 is 0.971 bits per heavy atom. The molecule has 0 bridgehead atoms. The summed E-state index contributed by atoms with van der Waals surface area (Å²) in [5.41, 5.74) is 2.06. The zero-order chi connectivity index (χ0) is 24.5. The van der Waals surface area contributed by atoms with Crippen LogP contribution in [-0.2, 0) is 0 Å². The van der Waals surface area contributed by atoms with E-state index < -0.39 is 5.91 Å². The number of carbonyl (C=O) groups excluding carboxylic acids is 1. The molecule has 1 aliphatic rings. The molecule has 2 aromatic rings. The van der Waals surface area contributed by atoms with Crippen LogP contribution in [-0.4, -0.2) is 43.9 Å². The van der Waals surface area contributed by atoms with E-state index in [1.165, 1.54) is 19.3 Å². The van der Waals surface area contributed by atoms with Crippen molar-refractivity contribution in [2.75, 3.05) is 43.1 Å². The molecule has 0 aliphatic carbocycles. The van der Waals surface area contributed by atoms with Gasteiger partial charge in [0.25, 0.3) is 5.91 Å². The van der Waals surface area contributed by atoms with Crippen LogP contribution in [0, 0.1) is 0 Å². The number of hydrogen-bond acceptors (Lipinski definition) is 6. The van der Waals surface area contributed by atoms with Crippen molar-refractivity contribution in [1.82, 2.24) is 5.32 Å². The van der Waals surface area contributed by atoms with Gasteiger partial charge in [-0.2, -0.15) is 0 Å². The third-order valence-electron chi connectivity index (χ3n) is 5.30. The topological polar surface area (TPSA) is 72.1 Å². The van der Waals surface area contributed by atoms with E-state index >= 15 is 0 Å². The number of piperidine rings is 1. The molecule has 1 amide bonds. The number of rotatable bonds is 9. The third kappa shape index (κ3) is 6.67. The molecule has 0 atom stereocenters. The van der Waals surface area contributed by atoms with Gasteiger partial charge in [-0.1, -0.05) is 11.6 Å². The van der Waals surface area contributed by atoms with Crippen molar-refractivity contribution in [3.63, 3.8) is 0 Å². The number of ether oxygens (including phenoxy) is 3. The fraction of sp³-hybridized carbons (Fsp3) is 0.440. The van der Waals surface area contributed by atoms with Crippen molar-refractivity contribution in [2.24, 2.45) is 0 Å². The molecule has 7 nitrogen and oxygen atoms in total. The van der Waals surface area contributed by atoms with Gasteiger partial charge in [0.15, 0.2) is 16.6 Å². The maximum absolute atomic E-state index is 12.9. The molecule has 184 valence electrons. The molecule has 9 heteroatoms. The van der Waals surface area contributed by atoms with Gasteiger partial charge in [-0.3, -0.25) is 10.1 Å². The van der Waals surface area contributed by atoms with Gasteiger partial charge in [0.05, 0.1) is 30.5 Å². The van der Waals surface area contributed by atoms with E-state index in [0.717, 1.165) is 18.8 Å². The quantitative estimate of drug-likeness (QED) is 0.426. The van der Waals surface area contributed by atoms with Gasteiger partial charge in [-0.15, -0.1) is 0 Å². The van der Waals surface area contributed by atoms with E-state index in [1.54, 1.807) is 12.1 Å². The average molecular weight is 506 g/mol. The van der Waals surface area contributed by atoms with Gasteiger partial charge in [0.1, 0.15) is 0 Å². The number of carbonyl (C=O) groups is 1. The first-order valence-electron chi connectivity index (χ1n) is 11.7. The van der Waals surface area contributed by atoms with Crippen LogP contribution in [0.2, 0.25) is 5.02 Å². The first-order valence-corrected chi connectivity index (χ1v) is 12.5. The van der Waals surface area contributed by atoms with Crippen LogP contribution in [0.15, 0.2) is 30.3 Å². The SMILES string of the molecule is CCOc1cc(C(=O)NC(=S)Nc2ccc(N3CCCCC3)c(Cl)c2)cc(OCC)c1OCC. The average Bonchev–Trinajstić information content (AvgIpc) is 2.82. The highest BCUT2D eigenvalue weighted by Gasteiger charge is 2.19. The second kappa shape index (κ2) is 12.7. The zero-order valence-electron chi connectivity index (χ0n) is 19.9. The van der Waals surface area contributed by atoms with E-state index in [2.05, 4.69) is 15.5 Å². The molecular formula is C25H32ClN3O4S. The summed E-state index contributed by atoms with van der Waals surface area (Å²) in [4.78, 5) is 15.2. The summed E-state index contributed by atoms with van der Waals surface area (Å²) in [5.74, 6) is 0.976. The largest absolute Gasteiger partial charge is 0.490 e. The Morgan fingerprint density at radius 3 is 2.15 bits per heavy atom. The number of amides is 1. The van der Waals surface area contributed by atoms with Crippen LogP contribution in [0.1, 0.15) is 50.4 Å². The highest BCUT2D eigenvalue weighted by atomic mass is 35.5. The fourth-order valence-corrected chi connectivity index (χ4v) is 4.34. The summed E-state index contributed by atoms with van der Waals surface area (Å²) in [6.45, 7) is 8.91. The van der Waals surface area contributed by atoms with Crippen molar-refractivity contribution < 1.29 is 19.0 Å². The number of nitrogens with zero attached hydrogens (tertiary/aromatic N) is 1. The maximum atomic E-state index is 12.9. The van der Waals surface area contributed by atoms with E-state index in [-0.39, 0.29) is 5.11 Å². The molecular weight excluding hydrogens is 474 g/mol. The summed E-state index contributed by atoms with van der Waals surface area (Å²) >= 11 is 11.9. The molecule has 0 spiro atoms. The molecule has 1 saturated heterocycles. The van der Waals surface area contributed by atoms with Crippen molar-refractivity contribution in [1.29, 1.82) is 0 Å². The Hall–Kier alpha value is -2.71. The first-order chi connectivity index (χ1) is 16.5. The van der Waals surface area contributed by atoms with E-state index in [9.17, 15) is 4.79 Å². The van der Waals surface area contributed by atoms with Crippen molar-refractivity contribution in [2.45, 2.75) is 40.0 Å². The standard InChI is InChI=1S/C25H32ClN3O4S/c1-4-31-21-14-17(15-22(32-5-2)23(21)33-6-3)24(30)28-25(34)27-18-10-11-20(19(26)16-18)29-12-8-7-9-13-29/h10-11,14-16H,4-9,12-13H2,1-3H3,(H2,27,28,30,34). The molecule has 0 saturated carbocycles. The lowest BCUT2D eigenvalue weighted by Crippen LogP contribution is -2.34. The summed E-state index contributed by atoms with van der Waals surface area (Å²) in [5, 5.41) is 6.55. The minimum absolute atomic E-state index is 0.164. The molecule has 1 heterocycles. The molecule has 2 N–H and O–H groups in total. The van der Waals surface area contributed by atoms with E-state index in [0.29, 0.717) is 53.3 Å². The van der Waals surface area contributed by atoms with Gasteiger partial charge < -0.3 is 24.4 Å². The van der Waals surface area contributed by atoms with Crippen LogP contribution in [0.5, 0.6) is 17.2 Å². The Bertz CT molecular complexity index is 985. The van der Waals surface area contributed by atoms with Crippen molar-refractivity contribution in [3.8, 4) is 17.2 Å². The molecule has 2 aromatic carbocycles. The number of hydrogen-bond donors (Lipinski definition) is 2. The van der Waals surface area contributed by atoms with Gasteiger partial charge in [0.2, 0.25) is 5.75 Å². The van der Waals surface area contributed by atoms with Gasteiger partial charge in [-0.05, 0) is 82.6 Å². The molecule has 0 aromatic heterocycles. The van der Waals surface area contributed by atoms with Gasteiger partial charge in [0, 0.05) is 24.3 Å². The minimum Gasteiger partial charge on any atom is -0.490 e. The normalized spacial score (nSPS) is 13.2. The second-order valence-electron chi connectivity index (χ2n) is 7.72. The highest BCUT2D eigenvalue weighted by Crippen LogP contribution is 2.39. The first kappa shape index (κ1) is 25.9. The summed E-state index contributed by atoms with van der Waals surface area (Å²) in [6, 6.07) is 8.96. The predicted molar refractivity (Wildman–Crippen MR) is 141 cm³/mol. The van der Waals surface area contributed by atoms with Crippen molar-refractivity contribution in [3.05, 3.63) is 40.9 Å². The van der Waals surface area contributed by atoms with Crippen molar-refractivity contribution >= 4 is 46.2 Å². The lowest BCUT2D eigenvalue weighted by atomic mass is 10.1. The highest BCUT2D eigenvalue weighted by molar-refractivity contribution is 7.80. The van der Waals surface area contributed by atoms with Gasteiger partial charge >= 0.3 is 0 Å². The number of thiocarbonyl (C=S) groups is 1. The van der Waals surface area contributed by atoms with Gasteiger partial charge in [-0.25, -0.2) is 0 Å². The Morgan fingerprint density at radius 2 is 1.59 bits per heavy atom. The Labute approximate surface area is 211 Å². The van der Waals surface area contributed by atoms with Crippen LogP contribution < -0.4 is 29.7 Å². The number of halogens is 1. The zero-order valence-corrected chi connectivity index (χ0v) is 21.5. The summed E-state index contributed by atoms with van der Waals surface area (Å²) in [6.07, 6.45) is 3.61. The van der Waals surface area contributed by atoms with Crippen LogP contribution >= 0.6 is 23.8 Å². The third-order valence-corrected chi connectivity index (χ3v) is 5.81. The Balaban J connectivity index is 1.71. The monoisotopic (exact) mass is 505 g/mol. The molecule has 1 fully saturated rings. The second-order valence-corrected chi connectivity index (χ2v) is 8.54. The van der Waals surface area contributed by atoms with E-state index in [1.807, 2.05) is 39.0 Å². The number of nitrogens with one attached hydrogen (secondary N) is 2. The molecule has 1 aliphatic heterocycles. The molecule has 34 heavy (non-hydrogen) atoms. The number of anilines is 2. The number of benzene rings is 2. The smallest absolute Gasteiger partial charge is 0.257 e. The van der Waals surface area contributed by atoms with Crippen LogP contribution in [0.25, 0.3) is 0 Å². The van der Waals surface area contributed by atoms with E-state index in [4.69, 9.17) is 38.0 Å². The van der Waals surface area contributed by atoms with Crippen LogP contribution in [0.4, 0.5) is 11.4 Å². The molecule has 3 rings (SSSR count). The predicted octanol–water partition coefficient (Wildman–Crippen LogP) is 5.65. The van der Waals surface area contributed by atoms with Crippen LogP contribution in [0.3, 0.4) is 0 Å². The molecule has 0 radical (unpaired) electrons. The lowest BCUT2D eigenvalue weighted by molar-refractivity contribution is 0.0976.